The quantitative estimate of drug-likeness (QED) is 0.716. The fraction of sp³-hybridized carbons (Fsp3) is 0.500. The smallest absolute Gasteiger partial charge is 0.202 e. The molecule has 6 nitrogen and oxygen atoms in total. The van der Waals surface area contributed by atoms with Crippen LogP contribution in [0.3, 0.4) is 0 Å². The summed E-state index contributed by atoms with van der Waals surface area (Å²) < 4.78 is 0. The third kappa shape index (κ3) is 4.08. The normalized spacial score (nSPS) is 19.9. The second-order valence-corrected chi connectivity index (χ2v) is 9.40. The molecule has 2 N–H and O–H groups in total. The summed E-state index contributed by atoms with van der Waals surface area (Å²) in [7, 11) is 0. The molecule has 2 heterocycles. The number of ketones is 1. The summed E-state index contributed by atoms with van der Waals surface area (Å²) >= 11 is 0. The number of nitriles is 1. The molecule has 30 heavy (non-hydrogen) atoms. The van der Waals surface area contributed by atoms with E-state index in [4.69, 9.17) is 10.2 Å². The number of aliphatic hydroxyl groups is 1. The van der Waals surface area contributed by atoms with E-state index in [1.165, 1.54) is 6.20 Å². The van der Waals surface area contributed by atoms with E-state index in [9.17, 15) is 9.90 Å². The van der Waals surface area contributed by atoms with E-state index < -0.39 is 5.60 Å². The number of imidazole rings is 1. The second-order valence-electron chi connectivity index (χ2n) is 9.40. The minimum Gasteiger partial charge on any atom is -0.384 e. The maximum absolute atomic E-state index is 12.8. The maximum atomic E-state index is 12.8. The molecule has 0 spiro atoms. The molecule has 0 aliphatic heterocycles. The number of carbonyl (C=O) groups is 1. The number of nitrogens with one attached hydrogen (secondary N) is 1. The number of carbonyl (C=O) groups excluding carboxylic acids is 1. The molecule has 2 aromatic heterocycles. The molecule has 2 aliphatic carbocycles. The van der Waals surface area contributed by atoms with Gasteiger partial charge in [-0.15, -0.1) is 0 Å². The number of Topliss-reactive ketones (excluding diaryl/α,β-unsaturated/α-hetero) is 1. The SMILES string of the molecule is CC1(C)CC=C(c2nc(C3(O)CCCC3)ccc2CC(=O)c2ncc(C#N)[nH]2)CC1. The van der Waals surface area contributed by atoms with Crippen molar-refractivity contribution in [2.75, 3.05) is 0 Å². The van der Waals surface area contributed by atoms with Crippen molar-refractivity contribution in [2.45, 2.75) is 70.8 Å². The van der Waals surface area contributed by atoms with Crippen molar-refractivity contribution in [3.63, 3.8) is 0 Å². The Hall–Kier alpha value is -2.78. The van der Waals surface area contributed by atoms with Crippen LogP contribution in [0, 0.1) is 16.7 Å². The second kappa shape index (κ2) is 7.81. The Bertz CT molecular complexity index is 1040. The van der Waals surface area contributed by atoms with Crippen molar-refractivity contribution in [3.8, 4) is 6.07 Å². The zero-order valence-corrected chi connectivity index (χ0v) is 17.7. The third-order valence-corrected chi connectivity index (χ3v) is 6.47. The van der Waals surface area contributed by atoms with Gasteiger partial charge in [-0.1, -0.05) is 38.8 Å². The largest absolute Gasteiger partial charge is 0.384 e. The van der Waals surface area contributed by atoms with Crippen LogP contribution in [0.25, 0.3) is 5.57 Å². The molecule has 0 amide bonds. The molecular formula is C24H28N4O2. The van der Waals surface area contributed by atoms with Crippen molar-refractivity contribution in [2.24, 2.45) is 5.41 Å². The lowest BCUT2D eigenvalue weighted by Crippen LogP contribution is -2.24. The highest BCUT2D eigenvalue weighted by Gasteiger charge is 2.35. The van der Waals surface area contributed by atoms with Gasteiger partial charge in [-0.25, -0.2) is 9.97 Å². The Kier molecular flexibility index (Phi) is 5.33. The lowest BCUT2D eigenvalue weighted by molar-refractivity contribution is 0.0399. The van der Waals surface area contributed by atoms with E-state index in [1.54, 1.807) is 0 Å². The first-order chi connectivity index (χ1) is 14.3. The van der Waals surface area contributed by atoms with Gasteiger partial charge in [0.05, 0.1) is 17.6 Å². The average Bonchev–Trinajstić information content (AvgIpc) is 3.38. The van der Waals surface area contributed by atoms with Gasteiger partial charge in [0.15, 0.2) is 5.82 Å². The Labute approximate surface area is 177 Å². The van der Waals surface area contributed by atoms with Gasteiger partial charge >= 0.3 is 0 Å². The summed E-state index contributed by atoms with van der Waals surface area (Å²) in [4.78, 5) is 24.5. The van der Waals surface area contributed by atoms with E-state index >= 15 is 0 Å². The summed E-state index contributed by atoms with van der Waals surface area (Å²) in [5.41, 5.74) is 3.19. The van der Waals surface area contributed by atoms with E-state index in [0.29, 0.717) is 5.69 Å². The standard InChI is InChI=1S/C24H28N4O2/c1-23(2)11-7-16(8-12-23)21-17(13-19(29)22-26-15-18(14-25)27-22)5-6-20(28-21)24(30)9-3-4-10-24/h5-7,15,30H,3-4,8-13H2,1-2H3,(H,26,27). The van der Waals surface area contributed by atoms with Crippen LogP contribution in [-0.4, -0.2) is 25.8 Å². The van der Waals surface area contributed by atoms with E-state index in [-0.39, 0.29) is 29.1 Å². The van der Waals surface area contributed by atoms with Crippen molar-refractivity contribution in [1.29, 1.82) is 5.26 Å². The molecule has 2 aliphatic rings. The first kappa shape index (κ1) is 20.5. The van der Waals surface area contributed by atoms with Crippen molar-refractivity contribution in [3.05, 3.63) is 52.9 Å². The summed E-state index contributed by atoms with van der Waals surface area (Å²) in [5.74, 6) is 0.0124. The number of allylic oxidation sites excluding steroid dienone is 2. The number of rotatable bonds is 5. The van der Waals surface area contributed by atoms with Gasteiger partial charge in [0.25, 0.3) is 0 Å². The molecule has 156 valence electrons. The van der Waals surface area contributed by atoms with Crippen LogP contribution in [0.15, 0.2) is 24.4 Å². The van der Waals surface area contributed by atoms with Gasteiger partial charge < -0.3 is 10.1 Å². The van der Waals surface area contributed by atoms with Crippen molar-refractivity contribution < 1.29 is 9.90 Å². The first-order valence-electron chi connectivity index (χ1n) is 10.7. The number of aromatic amines is 1. The summed E-state index contributed by atoms with van der Waals surface area (Å²) in [5, 5.41) is 20.0. The third-order valence-electron chi connectivity index (χ3n) is 6.47. The lowest BCUT2D eigenvalue weighted by atomic mass is 9.77. The first-order valence-corrected chi connectivity index (χ1v) is 10.7. The Morgan fingerprint density at radius 1 is 1.27 bits per heavy atom. The van der Waals surface area contributed by atoms with Gasteiger partial charge in [0.2, 0.25) is 5.78 Å². The predicted octanol–water partition coefficient (Wildman–Crippen LogP) is 4.46. The van der Waals surface area contributed by atoms with Crippen LogP contribution in [0.5, 0.6) is 0 Å². The highest BCUT2D eigenvalue weighted by Crippen LogP contribution is 2.41. The number of nitrogens with zero attached hydrogens (tertiary/aromatic N) is 3. The van der Waals surface area contributed by atoms with Crippen LogP contribution >= 0.6 is 0 Å². The minimum absolute atomic E-state index is 0.153. The molecule has 0 unspecified atom stereocenters. The average molecular weight is 405 g/mol. The molecule has 0 aromatic carbocycles. The van der Waals surface area contributed by atoms with Crippen LogP contribution < -0.4 is 0 Å². The Balaban J connectivity index is 1.69. The molecule has 2 aromatic rings. The van der Waals surface area contributed by atoms with E-state index in [0.717, 1.165) is 61.8 Å². The topological polar surface area (TPSA) is 103 Å². The molecule has 6 heteroatoms. The van der Waals surface area contributed by atoms with Gasteiger partial charge in [0, 0.05) is 6.42 Å². The van der Waals surface area contributed by atoms with Crippen LogP contribution in [0.4, 0.5) is 0 Å². The maximum Gasteiger partial charge on any atom is 0.202 e. The van der Waals surface area contributed by atoms with E-state index in [1.807, 2.05) is 18.2 Å². The van der Waals surface area contributed by atoms with Gasteiger partial charge in [-0.2, -0.15) is 5.26 Å². The van der Waals surface area contributed by atoms with Crippen LogP contribution in [-0.2, 0) is 12.0 Å². The number of H-pyrrole nitrogens is 1. The summed E-state index contributed by atoms with van der Waals surface area (Å²) in [6.07, 6.45) is 10.2. The molecule has 1 saturated carbocycles. The highest BCUT2D eigenvalue weighted by molar-refractivity contribution is 5.95. The number of hydrogen-bond donors (Lipinski definition) is 2. The molecule has 0 atom stereocenters. The van der Waals surface area contributed by atoms with Crippen molar-refractivity contribution >= 4 is 11.4 Å². The zero-order chi connectivity index (χ0) is 21.4. The minimum atomic E-state index is -0.867. The monoisotopic (exact) mass is 404 g/mol. The fourth-order valence-corrected chi connectivity index (χ4v) is 4.45. The van der Waals surface area contributed by atoms with Gasteiger partial charge in [-0.3, -0.25) is 4.79 Å². The molecule has 0 radical (unpaired) electrons. The summed E-state index contributed by atoms with van der Waals surface area (Å²) in [6, 6.07) is 5.76. The molecule has 1 fully saturated rings. The summed E-state index contributed by atoms with van der Waals surface area (Å²) in [6.45, 7) is 4.53. The number of pyridine rings is 1. The Morgan fingerprint density at radius 3 is 2.67 bits per heavy atom. The van der Waals surface area contributed by atoms with E-state index in [2.05, 4.69) is 29.9 Å². The molecular weight excluding hydrogens is 376 g/mol. The van der Waals surface area contributed by atoms with Crippen LogP contribution in [0.1, 0.15) is 92.1 Å². The van der Waals surface area contributed by atoms with Gasteiger partial charge in [0.1, 0.15) is 17.4 Å². The Morgan fingerprint density at radius 2 is 2.03 bits per heavy atom. The molecule has 0 saturated heterocycles. The predicted molar refractivity (Wildman–Crippen MR) is 114 cm³/mol. The molecule has 0 bridgehead atoms. The number of aromatic nitrogens is 3. The molecule has 4 rings (SSSR count). The lowest BCUT2D eigenvalue weighted by Gasteiger charge is -2.30. The highest BCUT2D eigenvalue weighted by atomic mass is 16.3. The van der Waals surface area contributed by atoms with Crippen molar-refractivity contribution in [1.82, 2.24) is 15.0 Å². The number of hydrogen-bond acceptors (Lipinski definition) is 5. The van der Waals surface area contributed by atoms with Crippen LogP contribution in [0.2, 0.25) is 0 Å². The zero-order valence-electron chi connectivity index (χ0n) is 17.7. The fourth-order valence-electron chi connectivity index (χ4n) is 4.45. The van der Waals surface area contributed by atoms with Gasteiger partial charge in [-0.05, 0) is 54.7 Å².